The Labute approximate surface area is 191 Å². The maximum atomic E-state index is 13.6. The van der Waals surface area contributed by atoms with E-state index in [0.717, 1.165) is 41.8 Å². The number of nitrogens with two attached hydrogens (primary N) is 1. The minimum atomic E-state index is -0.225. The van der Waals surface area contributed by atoms with Gasteiger partial charge in [-0.25, -0.2) is 9.67 Å². The van der Waals surface area contributed by atoms with Gasteiger partial charge in [-0.3, -0.25) is 9.36 Å². The van der Waals surface area contributed by atoms with Crippen molar-refractivity contribution in [2.75, 3.05) is 18.0 Å². The van der Waals surface area contributed by atoms with E-state index in [-0.39, 0.29) is 18.1 Å². The van der Waals surface area contributed by atoms with Gasteiger partial charge >= 0.3 is 0 Å². The number of aryl methyl sites for hydroxylation is 1. The second-order valence-corrected chi connectivity index (χ2v) is 8.39. The SMILES string of the molecule is CC#CCn1c(N2CCCC(N)C2)nc2cnn(Cc3nnc(C)c4ccccc34)c(=O)c21. The molecule has 9 nitrogen and oxygen atoms in total. The molecule has 9 heteroatoms. The molecule has 1 aromatic carbocycles. The number of nitrogens with zero attached hydrogens (tertiary/aromatic N) is 7. The number of imidazole rings is 1. The predicted octanol–water partition coefficient (Wildman–Crippen LogP) is 1.84. The number of aromatic nitrogens is 6. The predicted molar refractivity (Wildman–Crippen MR) is 128 cm³/mol. The molecule has 168 valence electrons. The molecule has 3 aromatic heterocycles. The maximum Gasteiger partial charge on any atom is 0.293 e. The summed E-state index contributed by atoms with van der Waals surface area (Å²) in [7, 11) is 0. The smallest absolute Gasteiger partial charge is 0.293 e. The van der Waals surface area contributed by atoms with E-state index in [2.05, 4.69) is 32.0 Å². The summed E-state index contributed by atoms with van der Waals surface area (Å²) < 4.78 is 3.32. The minimum absolute atomic E-state index is 0.0902. The quantitative estimate of drug-likeness (QED) is 0.481. The third kappa shape index (κ3) is 3.83. The van der Waals surface area contributed by atoms with E-state index in [1.54, 1.807) is 13.1 Å². The second-order valence-electron chi connectivity index (χ2n) is 8.39. The van der Waals surface area contributed by atoms with Crippen LogP contribution in [-0.4, -0.2) is 48.7 Å². The summed E-state index contributed by atoms with van der Waals surface area (Å²) in [4.78, 5) is 20.5. The van der Waals surface area contributed by atoms with Gasteiger partial charge in [0.2, 0.25) is 5.95 Å². The first-order valence-corrected chi connectivity index (χ1v) is 11.1. The molecule has 0 saturated carbocycles. The van der Waals surface area contributed by atoms with E-state index in [4.69, 9.17) is 10.7 Å². The molecule has 0 amide bonds. The Kier molecular flexibility index (Phi) is 5.52. The molecular formula is C24H26N8O. The van der Waals surface area contributed by atoms with Gasteiger partial charge in [0.05, 0.1) is 30.7 Å². The lowest BCUT2D eigenvalue weighted by molar-refractivity contribution is 0.496. The molecule has 1 atom stereocenters. The summed E-state index contributed by atoms with van der Waals surface area (Å²) in [6.45, 7) is 5.86. The highest BCUT2D eigenvalue weighted by molar-refractivity contribution is 5.86. The minimum Gasteiger partial charge on any atom is -0.341 e. The topological polar surface area (TPSA) is 108 Å². The molecule has 1 unspecified atom stereocenters. The van der Waals surface area contributed by atoms with Crippen molar-refractivity contribution >= 4 is 27.8 Å². The number of anilines is 1. The van der Waals surface area contributed by atoms with Crippen molar-refractivity contribution in [2.24, 2.45) is 5.73 Å². The van der Waals surface area contributed by atoms with Crippen LogP contribution in [0.15, 0.2) is 35.3 Å². The first-order chi connectivity index (χ1) is 16.1. The third-order valence-corrected chi connectivity index (χ3v) is 6.13. The largest absolute Gasteiger partial charge is 0.341 e. The Bertz CT molecular complexity index is 1460. The van der Waals surface area contributed by atoms with Crippen molar-refractivity contribution in [3.05, 3.63) is 52.2 Å². The van der Waals surface area contributed by atoms with Gasteiger partial charge in [-0.05, 0) is 26.7 Å². The summed E-state index contributed by atoms with van der Waals surface area (Å²) >= 11 is 0. The van der Waals surface area contributed by atoms with E-state index in [1.165, 1.54) is 4.68 Å². The lowest BCUT2D eigenvalue weighted by atomic mass is 10.1. The molecule has 1 aliphatic heterocycles. The molecule has 1 aliphatic rings. The normalized spacial score (nSPS) is 16.2. The molecule has 1 saturated heterocycles. The van der Waals surface area contributed by atoms with Gasteiger partial charge in [0.15, 0.2) is 0 Å². The lowest BCUT2D eigenvalue weighted by Crippen LogP contribution is -2.44. The maximum absolute atomic E-state index is 13.6. The summed E-state index contributed by atoms with van der Waals surface area (Å²) in [5.41, 5.74) is 8.58. The van der Waals surface area contributed by atoms with Crippen molar-refractivity contribution in [1.29, 1.82) is 0 Å². The van der Waals surface area contributed by atoms with Crippen LogP contribution in [0.25, 0.3) is 21.8 Å². The van der Waals surface area contributed by atoms with Crippen molar-refractivity contribution in [2.45, 2.75) is 45.8 Å². The van der Waals surface area contributed by atoms with E-state index >= 15 is 0 Å². The summed E-state index contributed by atoms with van der Waals surface area (Å²) in [5.74, 6) is 6.73. The van der Waals surface area contributed by atoms with E-state index < -0.39 is 0 Å². The van der Waals surface area contributed by atoms with Crippen LogP contribution in [0.3, 0.4) is 0 Å². The van der Waals surface area contributed by atoms with Gasteiger partial charge in [0.25, 0.3) is 5.56 Å². The monoisotopic (exact) mass is 442 g/mol. The number of benzene rings is 1. The molecule has 5 rings (SSSR count). The number of rotatable bonds is 4. The molecule has 1 fully saturated rings. The molecule has 33 heavy (non-hydrogen) atoms. The number of fused-ring (bicyclic) bond motifs is 2. The standard InChI is InChI=1S/C24H26N8O/c1-3-4-12-31-22-20(27-24(31)30-11-7-8-17(25)14-30)13-26-32(23(22)33)15-21-19-10-6-5-9-18(19)16(2)28-29-21/h5-6,9-10,13,17H,7-8,11-12,14-15,25H2,1-2H3. The van der Waals surface area contributed by atoms with Crippen molar-refractivity contribution in [3.63, 3.8) is 0 Å². The first kappa shape index (κ1) is 21.1. The summed E-state index contributed by atoms with van der Waals surface area (Å²) in [6.07, 6.45) is 3.63. The summed E-state index contributed by atoms with van der Waals surface area (Å²) in [6, 6.07) is 8.02. The summed E-state index contributed by atoms with van der Waals surface area (Å²) in [5, 5.41) is 15.0. The molecule has 4 heterocycles. The Morgan fingerprint density at radius 1 is 1.21 bits per heavy atom. The van der Waals surface area contributed by atoms with Crippen molar-refractivity contribution in [3.8, 4) is 11.8 Å². The van der Waals surface area contributed by atoms with Gasteiger partial charge in [-0.1, -0.05) is 30.2 Å². The number of hydrogen-bond donors (Lipinski definition) is 1. The van der Waals surface area contributed by atoms with Crippen LogP contribution in [0.2, 0.25) is 0 Å². The van der Waals surface area contributed by atoms with Crippen LogP contribution in [0, 0.1) is 18.8 Å². The fraction of sp³-hybridized carbons (Fsp3) is 0.375. The van der Waals surface area contributed by atoms with Crippen LogP contribution >= 0.6 is 0 Å². The van der Waals surface area contributed by atoms with Crippen LogP contribution in [0.1, 0.15) is 31.2 Å². The van der Waals surface area contributed by atoms with Gasteiger partial charge in [0, 0.05) is 29.9 Å². The van der Waals surface area contributed by atoms with E-state index in [0.29, 0.717) is 29.8 Å². The zero-order valence-electron chi connectivity index (χ0n) is 18.8. The molecule has 0 spiro atoms. The van der Waals surface area contributed by atoms with Gasteiger partial charge in [0.1, 0.15) is 11.0 Å². The van der Waals surface area contributed by atoms with Crippen LogP contribution in [0.5, 0.6) is 0 Å². The molecule has 4 aromatic rings. The van der Waals surface area contributed by atoms with Gasteiger partial charge < -0.3 is 10.6 Å². The Balaban J connectivity index is 1.62. The highest BCUT2D eigenvalue weighted by Crippen LogP contribution is 2.23. The Hall–Kier alpha value is -3.77. The zero-order valence-corrected chi connectivity index (χ0v) is 18.8. The molecule has 0 aliphatic carbocycles. The molecule has 0 bridgehead atoms. The van der Waals surface area contributed by atoms with Crippen LogP contribution in [0.4, 0.5) is 5.95 Å². The fourth-order valence-electron chi connectivity index (χ4n) is 4.48. The van der Waals surface area contributed by atoms with E-state index in [9.17, 15) is 4.79 Å². The average molecular weight is 443 g/mol. The molecule has 2 N–H and O–H groups in total. The highest BCUT2D eigenvalue weighted by Gasteiger charge is 2.24. The first-order valence-electron chi connectivity index (χ1n) is 11.1. The van der Waals surface area contributed by atoms with Crippen molar-refractivity contribution in [1.82, 2.24) is 29.5 Å². The lowest BCUT2D eigenvalue weighted by Gasteiger charge is -2.31. The molecular weight excluding hydrogens is 416 g/mol. The Morgan fingerprint density at radius 2 is 2.03 bits per heavy atom. The number of piperidine rings is 1. The second kappa shape index (κ2) is 8.64. The highest BCUT2D eigenvalue weighted by atomic mass is 16.1. The third-order valence-electron chi connectivity index (χ3n) is 6.13. The van der Waals surface area contributed by atoms with Gasteiger partial charge in [-0.2, -0.15) is 15.3 Å². The van der Waals surface area contributed by atoms with Crippen LogP contribution < -0.4 is 16.2 Å². The van der Waals surface area contributed by atoms with E-state index in [1.807, 2.05) is 35.8 Å². The van der Waals surface area contributed by atoms with Crippen molar-refractivity contribution < 1.29 is 0 Å². The zero-order chi connectivity index (χ0) is 22.9. The van der Waals surface area contributed by atoms with Crippen LogP contribution in [-0.2, 0) is 13.1 Å². The fourth-order valence-corrected chi connectivity index (χ4v) is 4.48. The van der Waals surface area contributed by atoms with Gasteiger partial charge in [-0.15, -0.1) is 5.92 Å². The number of hydrogen-bond acceptors (Lipinski definition) is 7. The molecule has 0 radical (unpaired) electrons. The Morgan fingerprint density at radius 3 is 2.82 bits per heavy atom. The average Bonchev–Trinajstić information content (AvgIpc) is 3.20.